The van der Waals surface area contributed by atoms with Gasteiger partial charge in [-0.1, -0.05) is 25.5 Å². The highest BCUT2D eigenvalue weighted by molar-refractivity contribution is 5.82. The van der Waals surface area contributed by atoms with E-state index in [2.05, 4.69) is 11.1 Å². The van der Waals surface area contributed by atoms with Crippen LogP contribution < -0.4 is 5.56 Å². The summed E-state index contributed by atoms with van der Waals surface area (Å²) >= 11 is 0. The molecule has 0 radical (unpaired) electrons. The molecule has 0 aliphatic carbocycles. The Morgan fingerprint density at radius 3 is 2.40 bits per heavy atom. The number of hydrogen-bond donors (Lipinski definition) is 1. The van der Waals surface area contributed by atoms with Crippen molar-refractivity contribution in [1.82, 2.24) is 4.98 Å². The van der Waals surface area contributed by atoms with E-state index < -0.39 is 0 Å². The van der Waals surface area contributed by atoms with Gasteiger partial charge >= 0.3 is 0 Å². The summed E-state index contributed by atoms with van der Waals surface area (Å²) in [6, 6.07) is 7.65. The molecule has 0 unspecified atom stereocenters. The Morgan fingerprint density at radius 1 is 1.07 bits per heavy atom. The number of fused-ring (bicyclic) bond motifs is 1. The second-order valence-corrected chi connectivity index (χ2v) is 3.37. The molecule has 2 heteroatoms. The van der Waals surface area contributed by atoms with Gasteiger partial charge in [0.2, 0.25) is 5.56 Å². The predicted octanol–water partition coefficient (Wildman–Crippen LogP) is 3.17. The van der Waals surface area contributed by atoms with Crippen LogP contribution >= 0.6 is 0 Å². The molecule has 1 N–H and O–H groups in total. The van der Waals surface area contributed by atoms with Gasteiger partial charge in [0.25, 0.3) is 0 Å². The van der Waals surface area contributed by atoms with Crippen LogP contribution in [-0.4, -0.2) is 4.98 Å². The van der Waals surface area contributed by atoms with Gasteiger partial charge < -0.3 is 4.98 Å². The molecule has 15 heavy (non-hydrogen) atoms. The Hall–Kier alpha value is -1.57. The third-order valence-corrected chi connectivity index (χ3v) is 2.21. The molecule has 1 aromatic carbocycles. The Morgan fingerprint density at radius 2 is 1.73 bits per heavy atom. The average Bonchev–Trinajstić information content (AvgIpc) is 2.22. The maximum atomic E-state index is 11.1. The fourth-order valence-corrected chi connectivity index (χ4v) is 1.54. The van der Waals surface area contributed by atoms with Crippen molar-refractivity contribution in [3.63, 3.8) is 0 Å². The molecule has 1 heterocycles. The first kappa shape index (κ1) is 11.5. The SMILES string of the molecule is CC.Cc1ccc2[nH]c(=O)cc(C)c2c1. The summed E-state index contributed by atoms with van der Waals surface area (Å²) in [6.07, 6.45) is 0. The first-order valence-electron chi connectivity index (χ1n) is 5.27. The molecule has 0 saturated heterocycles. The molecule has 0 spiro atoms. The molecule has 2 rings (SSSR count). The standard InChI is InChI=1S/C11H11NO.C2H6/c1-7-3-4-10-9(5-7)8(2)6-11(13)12-10;1-2/h3-6H,1-2H3,(H,12,13);1-2H3. The second-order valence-electron chi connectivity index (χ2n) is 3.37. The first-order chi connectivity index (χ1) is 7.16. The molecule has 1 aromatic heterocycles. The maximum Gasteiger partial charge on any atom is 0.248 e. The highest BCUT2D eigenvalue weighted by Gasteiger charge is 1.98. The number of aromatic amines is 1. The van der Waals surface area contributed by atoms with Crippen molar-refractivity contribution in [3.05, 3.63) is 45.7 Å². The van der Waals surface area contributed by atoms with Crippen LogP contribution in [0.5, 0.6) is 0 Å². The van der Waals surface area contributed by atoms with Crippen LogP contribution in [0.2, 0.25) is 0 Å². The fourth-order valence-electron chi connectivity index (χ4n) is 1.54. The molecule has 0 aliphatic heterocycles. The van der Waals surface area contributed by atoms with Crippen LogP contribution in [0.1, 0.15) is 25.0 Å². The molecule has 0 amide bonds. The minimum Gasteiger partial charge on any atom is -0.322 e. The number of aromatic nitrogens is 1. The van der Waals surface area contributed by atoms with Gasteiger partial charge in [-0.15, -0.1) is 0 Å². The maximum absolute atomic E-state index is 11.1. The van der Waals surface area contributed by atoms with Crippen LogP contribution in [0.4, 0.5) is 0 Å². The largest absolute Gasteiger partial charge is 0.322 e. The third-order valence-electron chi connectivity index (χ3n) is 2.21. The Kier molecular flexibility index (Phi) is 3.67. The van der Waals surface area contributed by atoms with Gasteiger partial charge in [-0.25, -0.2) is 0 Å². The number of benzene rings is 1. The quantitative estimate of drug-likeness (QED) is 0.701. The van der Waals surface area contributed by atoms with Crippen molar-refractivity contribution in [3.8, 4) is 0 Å². The number of pyridine rings is 1. The summed E-state index contributed by atoms with van der Waals surface area (Å²) in [7, 11) is 0. The van der Waals surface area contributed by atoms with E-state index in [1.54, 1.807) is 6.07 Å². The molecule has 0 saturated carbocycles. The summed E-state index contributed by atoms with van der Waals surface area (Å²) < 4.78 is 0. The Balaban J connectivity index is 0.000000531. The summed E-state index contributed by atoms with van der Waals surface area (Å²) in [5.41, 5.74) is 3.12. The monoisotopic (exact) mass is 203 g/mol. The second kappa shape index (κ2) is 4.78. The van der Waals surface area contributed by atoms with E-state index in [-0.39, 0.29) is 5.56 Å². The molecule has 2 aromatic rings. The summed E-state index contributed by atoms with van der Waals surface area (Å²) in [5, 5.41) is 1.12. The van der Waals surface area contributed by atoms with Gasteiger partial charge in [0, 0.05) is 17.0 Å². The lowest BCUT2D eigenvalue weighted by Gasteiger charge is -2.01. The third kappa shape index (κ3) is 2.46. The lowest BCUT2D eigenvalue weighted by molar-refractivity contribution is 1.27. The topological polar surface area (TPSA) is 32.9 Å². The average molecular weight is 203 g/mol. The van der Waals surface area contributed by atoms with Gasteiger partial charge in [-0.3, -0.25) is 4.79 Å². The molecule has 0 aliphatic rings. The molecule has 80 valence electrons. The van der Waals surface area contributed by atoms with Crippen molar-refractivity contribution < 1.29 is 0 Å². The number of aryl methyl sites for hydroxylation is 2. The van der Waals surface area contributed by atoms with Crippen LogP contribution in [0.15, 0.2) is 29.1 Å². The van der Waals surface area contributed by atoms with E-state index in [9.17, 15) is 4.79 Å². The molecular weight excluding hydrogens is 186 g/mol. The number of nitrogens with one attached hydrogen (secondary N) is 1. The minimum atomic E-state index is -0.0335. The minimum absolute atomic E-state index is 0.0335. The van der Waals surface area contributed by atoms with Crippen molar-refractivity contribution >= 4 is 10.9 Å². The van der Waals surface area contributed by atoms with E-state index in [1.165, 1.54) is 5.56 Å². The summed E-state index contributed by atoms with van der Waals surface area (Å²) in [6.45, 7) is 8.00. The zero-order chi connectivity index (χ0) is 11.4. The van der Waals surface area contributed by atoms with E-state index >= 15 is 0 Å². The molecule has 0 fully saturated rings. The van der Waals surface area contributed by atoms with Gasteiger partial charge in [0.15, 0.2) is 0 Å². The molecule has 0 atom stereocenters. The van der Waals surface area contributed by atoms with Crippen molar-refractivity contribution in [2.75, 3.05) is 0 Å². The van der Waals surface area contributed by atoms with Crippen LogP contribution in [-0.2, 0) is 0 Å². The van der Waals surface area contributed by atoms with E-state index in [0.717, 1.165) is 16.5 Å². The summed E-state index contributed by atoms with van der Waals surface area (Å²) in [5.74, 6) is 0. The van der Waals surface area contributed by atoms with Crippen molar-refractivity contribution in [2.45, 2.75) is 27.7 Å². The normalized spacial score (nSPS) is 9.60. The first-order valence-corrected chi connectivity index (χ1v) is 5.27. The number of rotatable bonds is 0. The van der Waals surface area contributed by atoms with Crippen molar-refractivity contribution in [1.29, 1.82) is 0 Å². The van der Waals surface area contributed by atoms with E-state index in [4.69, 9.17) is 0 Å². The van der Waals surface area contributed by atoms with Crippen molar-refractivity contribution in [2.24, 2.45) is 0 Å². The molecule has 0 bridgehead atoms. The molecule has 2 nitrogen and oxygen atoms in total. The molecular formula is C13H17NO. The van der Waals surface area contributed by atoms with Crippen LogP contribution in [0.3, 0.4) is 0 Å². The highest BCUT2D eigenvalue weighted by atomic mass is 16.1. The van der Waals surface area contributed by atoms with Gasteiger partial charge in [-0.05, 0) is 31.5 Å². The van der Waals surface area contributed by atoms with Gasteiger partial charge in [0.05, 0.1) is 0 Å². The lowest BCUT2D eigenvalue weighted by Crippen LogP contribution is -2.04. The smallest absolute Gasteiger partial charge is 0.248 e. The predicted molar refractivity (Wildman–Crippen MR) is 65.4 cm³/mol. The number of hydrogen-bond acceptors (Lipinski definition) is 1. The van der Waals surface area contributed by atoms with E-state index in [1.807, 2.05) is 39.8 Å². The Labute approximate surface area is 90.0 Å². The Bertz CT molecular complexity index is 511. The highest BCUT2D eigenvalue weighted by Crippen LogP contribution is 2.15. The fraction of sp³-hybridized carbons (Fsp3) is 0.308. The zero-order valence-electron chi connectivity index (χ0n) is 9.72. The lowest BCUT2D eigenvalue weighted by atomic mass is 10.1. The zero-order valence-corrected chi connectivity index (χ0v) is 9.72. The summed E-state index contributed by atoms with van der Waals surface area (Å²) in [4.78, 5) is 13.9. The van der Waals surface area contributed by atoms with Crippen LogP contribution in [0, 0.1) is 13.8 Å². The van der Waals surface area contributed by atoms with Crippen LogP contribution in [0.25, 0.3) is 10.9 Å². The number of H-pyrrole nitrogens is 1. The van der Waals surface area contributed by atoms with E-state index in [0.29, 0.717) is 0 Å². The van der Waals surface area contributed by atoms with Gasteiger partial charge in [0.1, 0.15) is 0 Å². The van der Waals surface area contributed by atoms with Gasteiger partial charge in [-0.2, -0.15) is 0 Å².